The van der Waals surface area contributed by atoms with Crippen molar-refractivity contribution in [2.75, 3.05) is 46.3 Å². The number of amides is 1. The molecule has 2 aliphatic rings. The third-order valence-corrected chi connectivity index (χ3v) is 6.14. The summed E-state index contributed by atoms with van der Waals surface area (Å²) in [4.78, 5) is 19.5. The molecule has 0 aliphatic carbocycles. The van der Waals surface area contributed by atoms with Crippen LogP contribution in [0.2, 0.25) is 0 Å². The number of piperazine rings is 1. The van der Waals surface area contributed by atoms with E-state index in [0.717, 1.165) is 39.3 Å². The van der Waals surface area contributed by atoms with Crippen LogP contribution in [0.4, 0.5) is 0 Å². The van der Waals surface area contributed by atoms with Gasteiger partial charge < -0.3 is 14.4 Å². The summed E-state index contributed by atoms with van der Waals surface area (Å²) in [5.41, 5.74) is 2.61. The Morgan fingerprint density at radius 3 is 2.48 bits per heavy atom. The fraction of sp³-hybridized carbons (Fsp3) is 0.591. The number of aromatic nitrogens is 1. The van der Waals surface area contributed by atoms with Crippen molar-refractivity contribution in [2.45, 2.75) is 38.8 Å². The van der Waals surface area contributed by atoms with Gasteiger partial charge in [-0.05, 0) is 51.0 Å². The summed E-state index contributed by atoms with van der Waals surface area (Å²) < 4.78 is 2.39. The van der Waals surface area contributed by atoms with Crippen LogP contribution in [-0.4, -0.2) is 71.5 Å². The molecular weight excluding hydrogens is 336 g/mol. The summed E-state index contributed by atoms with van der Waals surface area (Å²) in [5.74, 6) is 0.302. The Labute approximate surface area is 162 Å². The molecule has 0 spiro atoms. The van der Waals surface area contributed by atoms with Crippen LogP contribution in [0, 0.1) is 0 Å². The molecule has 146 valence electrons. The zero-order valence-corrected chi connectivity index (χ0v) is 16.6. The average molecular weight is 369 g/mol. The molecule has 0 N–H and O–H groups in total. The fourth-order valence-corrected chi connectivity index (χ4v) is 4.41. The molecule has 5 nitrogen and oxygen atoms in total. The third kappa shape index (κ3) is 4.36. The zero-order valence-electron chi connectivity index (χ0n) is 16.6. The molecule has 2 saturated heterocycles. The van der Waals surface area contributed by atoms with E-state index in [1.54, 1.807) is 0 Å². The van der Waals surface area contributed by atoms with Crippen molar-refractivity contribution in [3.8, 4) is 0 Å². The lowest BCUT2D eigenvalue weighted by molar-refractivity contribution is -0.132. The Bertz CT molecular complexity index is 770. The van der Waals surface area contributed by atoms with Crippen molar-refractivity contribution in [1.82, 2.24) is 19.3 Å². The maximum Gasteiger partial charge on any atom is 0.222 e. The summed E-state index contributed by atoms with van der Waals surface area (Å²) in [6.07, 6.45) is 7.72. The highest BCUT2D eigenvalue weighted by Crippen LogP contribution is 2.24. The van der Waals surface area contributed by atoms with Crippen LogP contribution in [0.1, 0.15) is 31.2 Å². The largest absolute Gasteiger partial charge is 0.340 e. The lowest BCUT2D eigenvalue weighted by Gasteiger charge is -2.32. The van der Waals surface area contributed by atoms with E-state index in [0.29, 0.717) is 12.3 Å². The highest BCUT2D eigenvalue weighted by Gasteiger charge is 2.20. The topological polar surface area (TPSA) is 31.7 Å². The number of para-hydroxylation sites is 1. The zero-order chi connectivity index (χ0) is 18.6. The first-order valence-electron chi connectivity index (χ1n) is 10.5. The number of nitrogens with zero attached hydrogens (tertiary/aromatic N) is 4. The number of hydrogen-bond acceptors (Lipinski definition) is 3. The summed E-state index contributed by atoms with van der Waals surface area (Å²) >= 11 is 0. The number of aryl methyl sites for hydroxylation is 1. The Balaban J connectivity index is 1.44. The lowest BCUT2D eigenvalue weighted by atomic mass is 10.1. The minimum atomic E-state index is 0.302. The standard InChI is InChI=1S/C22H32N4O/c1-23-13-15-25(16-14-23)22(27)10-9-19-17-26(18-24-11-5-2-6-12-24)21-8-4-3-7-20(19)21/h3-4,7-8,17H,2,5-6,9-16,18H2,1H3. The van der Waals surface area contributed by atoms with Crippen LogP contribution in [0.3, 0.4) is 0 Å². The Kier molecular flexibility index (Phi) is 5.79. The molecule has 1 aromatic carbocycles. The van der Waals surface area contributed by atoms with Gasteiger partial charge in [-0.3, -0.25) is 9.69 Å². The first kappa shape index (κ1) is 18.5. The lowest BCUT2D eigenvalue weighted by Crippen LogP contribution is -2.47. The van der Waals surface area contributed by atoms with Gasteiger partial charge in [-0.1, -0.05) is 24.6 Å². The summed E-state index contributed by atoms with van der Waals surface area (Å²) in [6.45, 7) is 7.07. The molecular formula is C22H32N4O. The number of carbonyl (C=O) groups is 1. The van der Waals surface area contributed by atoms with E-state index >= 15 is 0 Å². The Hall–Kier alpha value is -1.85. The van der Waals surface area contributed by atoms with Gasteiger partial charge in [-0.25, -0.2) is 0 Å². The second kappa shape index (κ2) is 8.44. The van der Waals surface area contributed by atoms with E-state index in [9.17, 15) is 4.79 Å². The normalized spacial score (nSPS) is 19.7. The summed E-state index contributed by atoms with van der Waals surface area (Å²) in [6, 6.07) is 8.65. The molecule has 0 atom stereocenters. The molecule has 1 aromatic heterocycles. The van der Waals surface area contributed by atoms with Crippen LogP contribution in [0.15, 0.2) is 30.5 Å². The molecule has 0 unspecified atom stereocenters. The van der Waals surface area contributed by atoms with Crippen molar-refractivity contribution >= 4 is 16.8 Å². The molecule has 27 heavy (non-hydrogen) atoms. The predicted molar refractivity (Wildman–Crippen MR) is 110 cm³/mol. The molecule has 0 saturated carbocycles. The number of benzene rings is 1. The van der Waals surface area contributed by atoms with Crippen molar-refractivity contribution in [2.24, 2.45) is 0 Å². The number of fused-ring (bicyclic) bond motifs is 1. The van der Waals surface area contributed by atoms with E-state index in [1.807, 2.05) is 4.90 Å². The Morgan fingerprint density at radius 1 is 0.963 bits per heavy atom. The van der Waals surface area contributed by atoms with Gasteiger partial charge in [0, 0.05) is 49.7 Å². The average Bonchev–Trinajstić information content (AvgIpc) is 3.05. The van der Waals surface area contributed by atoms with Crippen molar-refractivity contribution in [3.63, 3.8) is 0 Å². The van der Waals surface area contributed by atoms with Gasteiger partial charge in [0.25, 0.3) is 0 Å². The van der Waals surface area contributed by atoms with Crippen LogP contribution in [0.5, 0.6) is 0 Å². The van der Waals surface area contributed by atoms with E-state index in [1.165, 1.54) is 48.8 Å². The number of rotatable bonds is 5. The van der Waals surface area contributed by atoms with E-state index in [-0.39, 0.29) is 0 Å². The number of hydrogen-bond donors (Lipinski definition) is 0. The van der Waals surface area contributed by atoms with Gasteiger partial charge in [0.05, 0.1) is 6.67 Å². The van der Waals surface area contributed by atoms with Gasteiger partial charge in [0.1, 0.15) is 0 Å². The van der Waals surface area contributed by atoms with Crippen LogP contribution in [-0.2, 0) is 17.9 Å². The summed E-state index contributed by atoms with van der Waals surface area (Å²) in [5, 5.41) is 1.31. The predicted octanol–water partition coefficient (Wildman–Crippen LogP) is 2.79. The van der Waals surface area contributed by atoms with Gasteiger partial charge in [-0.15, -0.1) is 0 Å². The highest BCUT2D eigenvalue weighted by atomic mass is 16.2. The van der Waals surface area contributed by atoms with Crippen molar-refractivity contribution < 1.29 is 4.79 Å². The molecule has 5 heteroatoms. The molecule has 0 bridgehead atoms. The SMILES string of the molecule is CN1CCN(C(=O)CCc2cn(CN3CCCCC3)c3ccccc23)CC1. The van der Waals surface area contributed by atoms with Crippen LogP contribution in [0.25, 0.3) is 10.9 Å². The molecule has 4 rings (SSSR count). The molecule has 1 amide bonds. The van der Waals surface area contributed by atoms with Gasteiger partial charge in [-0.2, -0.15) is 0 Å². The second-order valence-electron chi connectivity index (χ2n) is 8.15. The maximum absolute atomic E-state index is 12.6. The van der Waals surface area contributed by atoms with Crippen molar-refractivity contribution in [3.05, 3.63) is 36.0 Å². The number of piperidine rings is 1. The third-order valence-electron chi connectivity index (χ3n) is 6.14. The molecule has 2 aliphatic heterocycles. The number of likely N-dealkylation sites (tertiary alicyclic amines) is 1. The monoisotopic (exact) mass is 368 g/mol. The van der Waals surface area contributed by atoms with Crippen molar-refractivity contribution in [1.29, 1.82) is 0 Å². The Morgan fingerprint density at radius 2 is 1.70 bits per heavy atom. The second-order valence-corrected chi connectivity index (χ2v) is 8.15. The first-order chi connectivity index (χ1) is 13.2. The molecule has 2 fully saturated rings. The van der Waals surface area contributed by atoms with Crippen LogP contribution >= 0.6 is 0 Å². The minimum Gasteiger partial charge on any atom is -0.340 e. The van der Waals surface area contributed by atoms with Gasteiger partial charge >= 0.3 is 0 Å². The smallest absolute Gasteiger partial charge is 0.222 e. The van der Waals surface area contributed by atoms with Crippen LogP contribution < -0.4 is 0 Å². The molecule has 3 heterocycles. The molecule has 0 radical (unpaired) electrons. The fourth-order valence-electron chi connectivity index (χ4n) is 4.41. The minimum absolute atomic E-state index is 0.302. The number of carbonyl (C=O) groups excluding carboxylic acids is 1. The van der Waals surface area contributed by atoms with Gasteiger partial charge in [0.15, 0.2) is 0 Å². The first-order valence-corrected chi connectivity index (χ1v) is 10.5. The van der Waals surface area contributed by atoms with E-state index < -0.39 is 0 Å². The van der Waals surface area contributed by atoms with E-state index in [4.69, 9.17) is 0 Å². The summed E-state index contributed by atoms with van der Waals surface area (Å²) in [7, 11) is 2.12. The van der Waals surface area contributed by atoms with E-state index in [2.05, 4.69) is 51.9 Å². The number of likely N-dealkylation sites (N-methyl/N-ethyl adjacent to an activating group) is 1. The van der Waals surface area contributed by atoms with Gasteiger partial charge in [0.2, 0.25) is 5.91 Å². The molecule has 2 aromatic rings. The highest BCUT2D eigenvalue weighted by molar-refractivity contribution is 5.85. The quantitative estimate of drug-likeness (QED) is 0.813. The maximum atomic E-state index is 12.6.